The van der Waals surface area contributed by atoms with E-state index in [1.54, 1.807) is 36.4 Å². The van der Waals surface area contributed by atoms with Crippen LogP contribution in [-0.4, -0.2) is 66.1 Å². The standard InChI is InChI=1S/C48H52Cl2F4N12O4/c1-29(2)57-21-31-13-5-7-15-33(31)23-61-43(67)39(65-37(49)25-59-41(45(65)69)63-27-47(51,52)35-17-9-11-19-55-35)40(44(68)62-24-34-16-8-6-14-32(34)22-58-30(3)4)66-38(50)26-60-42(46(66)70)64-28-48(53,54)36-18-10-12-20-56-36/h5-20,25-26,29-30,39-40,57-58H,21-24,27-28H2,1-4H3,(H,59,63)(H,60,64)(H,61,67)(H,62,68). The number of alkyl halides is 4. The Morgan fingerprint density at radius 3 is 1.21 bits per heavy atom. The van der Waals surface area contributed by atoms with E-state index < -0.39 is 93.3 Å². The molecule has 0 bridgehead atoms. The minimum atomic E-state index is -3.65. The van der Waals surface area contributed by atoms with E-state index in [0.717, 1.165) is 35.7 Å². The van der Waals surface area contributed by atoms with Crippen molar-refractivity contribution in [2.75, 3.05) is 23.7 Å². The minimum Gasteiger partial charge on any atom is -0.359 e. The summed E-state index contributed by atoms with van der Waals surface area (Å²) in [5, 5.41) is 15.7. The summed E-state index contributed by atoms with van der Waals surface area (Å²) in [6.07, 6.45) is 4.14. The zero-order valence-corrected chi connectivity index (χ0v) is 40.0. The van der Waals surface area contributed by atoms with Gasteiger partial charge in [-0.25, -0.2) is 9.97 Å². The van der Waals surface area contributed by atoms with Gasteiger partial charge in [-0.15, -0.1) is 0 Å². The van der Waals surface area contributed by atoms with Gasteiger partial charge in [-0.3, -0.25) is 38.3 Å². The van der Waals surface area contributed by atoms with Crippen LogP contribution in [0, 0.1) is 0 Å². The molecule has 6 aromatic rings. The molecule has 0 spiro atoms. The Hall–Kier alpha value is -6.74. The van der Waals surface area contributed by atoms with Gasteiger partial charge in [-0.1, -0.05) is 112 Å². The van der Waals surface area contributed by atoms with E-state index >= 15 is 27.2 Å². The van der Waals surface area contributed by atoms with Crippen LogP contribution in [0.5, 0.6) is 0 Å². The van der Waals surface area contributed by atoms with Crippen LogP contribution in [0.15, 0.2) is 119 Å². The molecule has 0 saturated carbocycles. The van der Waals surface area contributed by atoms with Crippen LogP contribution in [0.25, 0.3) is 0 Å². The van der Waals surface area contributed by atoms with E-state index in [0.29, 0.717) is 33.4 Å². The van der Waals surface area contributed by atoms with Gasteiger partial charge in [0.2, 0.25) is 11.8 Å². The number of rotatable bonds is 23. The second kappa shape index (κ2) is 23.7. The quantitative estimate of drug-likeness (QED) is 0.0371. The topological polar surface area (TPSA) is 202 Å². The highest BCUT2D eigenvalue weighted by Crippen LogP contribution is 2.31. The fourth-order valence-corrected chi connectivity index (χ4v) is 7.65. The number of amides is 2. The average molecular weight is 1010 g/mol. The SMILES string of the molecule is CC(C)NCc1ccccc1CNC(=O)C(C(C(=O)NCc1ccccc1CNC(C)C)n1c(Cl)cnc(NCC(F)(F)c2ccccn2)c1=O)n1c(Cl)cnc(NCC(F)(F)c2ccccn2)c1=O. The van der Waals surface area contributed by atoms with E-state index in [1.807, 2.05) is 39.8 Å². The lowest BCUT2D eigenvalue weighted by Crippen LogP contribution is -2.50. The number of pyridine rings is 2. The molecule has 2 aromatic carbocycles. The largest absolute Gasteiger partial charge is 0.359 e. The van der Waals surface area contributed by atoms with Crippen LogP contribution in [0.1, 0.15) is 73.4 Å². The Kier molecular flexibility index (Phi) is 17.8. The van der Waals surface area contributed by atoms with Crippen LogP contribution in [0.2, 0.25) is 10.3 Å². The Labute approximate surface area is 410 Å². The molecule has 0 radical (unpaired) electrons. The number of hydrogen-bond donors (Lipinski definition) is 6. The molecule has 16 nitrogen and oxygen atoms in total. The molecule has 70 heavy (non-hydrogen) atoms. The monoisotopic (exact) mass is 1010 g/mol. The predicted octanol–water partition coefficient (Wildman–Crippen LogP) is 6.72. The van der Waals surface area contributed by atoms with Crippen molar-refractivity contribution in [1.82, 2.24) is 50.3 Å². The highest BCUT2D eigenvalue weighted by Gasteiger charge is 2.42. The number of nitrogens with one attached hydrogen (secondary N) is 6. The normalized spacial score (nSPS) is 12.7. The summed E-state index contributed by atoms with van der Waals surface area (Å²) in [4.78, 5) is 75.0. The molecule has 22 heteroatoms. The Morgan fingerprint density at radius 1 is 0.543 bits per heavy atom. The molecule has 370 valence electrons. The molecule has 6 N–H and O–H groups in total. The van der Waals surface area contributed by atoms with Crippen molar-refractivity contribution in [2.45, 2.75) is 89.9 Å². The van der Waals surface area contributed by atoms with Crippen LogP contribution < -0.4 is 43.0 Å². The summed E-state index contributed by atoms with van der Waals surface area (Å²) < 4.78 is 63.1. The zero-order chi connectivity index (χ0) is 50.6. The summed E-state index contributed by atoms with van der Waals surface area (Å²) in [7, 11) is 0. The van der Waals surface area contributed by atoms with E-state index in [4.69, 9.17) is 23.2 Å². The number of anilines is 2. The molecule has 4 aromatic heterocycles. The minimum absolute atomic E-state index is 0.0983. The molecule has 4 heterocycles. The lowest BCUT2D eigenvalue weighted by atomic mass is 10.0. The number of nitrogens with zero attached hydrogens (tertiary/aromatic N) is 6. The van der Waals surface area contributed by atoms with Crippen LogP contribution in [-0.2, 0) is 47.6 Å². The van der Waals surface area contributed by atoms with E-state index in [2.05, 4.69) is 51.8 Å². The number of carbonyl (C=O) groups excluding carboxylic acids is 2. The first-order chi connectivity index (χ1) is 33.4. The van der Waals surface area contributed by atoms with Gasteiger partial charge in [0.15, 0.2) is 11.6 Å². The van der Waals surface area contributed by atoms with Crippen molar-refractivity contribution in [3.63, 3.8) is 0 Å². The maximum absolute atomic E-state index is 15.5. The summed E-state index contributed by atoms with van der Waals surface area (Å²) in [5.74, 6) is -10.9. The van der Waals surface area contributed by atoms with Gasteiger partial charge in [0.25, 0.3) is 11.1 Å². The fourth-order valence-electron chi connectivity index (χ4n) is 7.19. The average Bonchev–Trinajstić information content (AvgIpc) is 3.34. The first kappa shape index (κ1) is 52.6. The summed E-state index contributed by atoms with van der Waals surface area (Å²) >= 11 is 13.5. The van der Waals surface area contributed by atoms with Gasteiger partial charge in [0, 0.05) is 50.7 Å². The van der Waals surface area contributed by atoms with Crippen LogP contribution in [0.4, 0.5) is 29.2 Å². The van der Waals surface area contributed by atoms with Crippen molar-refractivity contribution in [2.24, 2.45) is 0 Å². The smallest absolute Gasteiger partial charge is 0.306 e. The van der Waals surface area contributed by atoms with E-state index in [9.17, 15) is 9.59 Å². The highest BCUT2D eigenvalue weighted by molar-refractivity contribution is 6.30. The number of hydrogen-bond acceptors (Lipinski definition) is 12. The molecule has 0 saturated heterocycles. The van der Waals surface area contributed by atoms with E-state index in [-0.39, 0.29) is 25.2 Å². The van der Waals surface area contributed by atoms with Gasteiger partial charge in [-0.05, 0) is 46.5 Å². The molecular weight excluding hydrogens is 956 g/mol. The second-order valence-corrected chi connectivity index (χ2v) is 17.5. The third kappa shape index (κ3) is 13.3. The molecule has 6 rings (SSSR count). The molecular formula is C48H52Cl2F4N12O4. The van der Waals surface area contributed by atoms with Gasteiger partial charge in [0.1, 0.15) is 33.8 Å². The number of carbonyl (C=O) groups is 2. The first-order valence-electron chi connectivity index (χ1n) is 22.1. The highest BCUT2D eigenvalue weighted by atomic mass is 35.5. The Balaban J connectivity index is 1.50. The summed E-state index contributed by atoms with van der Waals surface area (Å²) in [6.45, 7) is 5.85. The van der Waals surface area contributed by atoms with Crippen molar-refractivity contribution < 1.29 is 27.2 Å². The molecule has 0 fully saturated rings. The third-order valence-corrected chi connectivity index (χ3v) is 11.4. The van der Waals surface area contributed by atoms with Gasteiger partial charge < -0.3 is 31.9 Å². The molecule has 2 amide bonds. The fraction of sp³-hybridized carbons (Fsp3) is 0.333. The number of aromatic nitrogens is 6. The van der Waals surface area contributed by atoms with Crippen LogP contribution in [0.3, 0.4) is 0 Å². The van der Waals surface area contributed by atoms with Crippen molar-refractivity contribution in [1.29, 1.82) is 0 Å². The number of halogens is 6. The lowest BCUT2D eigenvalue weighted by Gasteiger charge is -2.31. The maximum Gasteiger partial charge on any atom is 0.306 e. The Morgan fingerprint density at radius 2 is 0.886 bits per heavy atom. The third-order valence-electron chi connectivity index (χ3n) is 10.9. The lowest BCUT2D eigenvalue weighted by molar-refractivity contribution is -0.133. The summed E-state index contributed by atoms with van der Waals surface area (Å²) in [5.41, 5.74) is -0.932. The molecule has 2 atom stereocenters. The van der Waals surface area contributed by atoms with Crippen molar-refractivity contribution in [3.8, 4) is 0 Å². The molecule has 0 aliphatic carbocycles. The first-order valence-corrected chi connectivity index (χ1v) is 22.9. The van der Waals surface area contributed by atoms with Crippen molar-refractivity contribution >= 4 is 46.7 Å². The molecule has 0 aliphatic heterocycles. The maximum atomic E-state index is 15.5. The van der Waals surface area contributed by atoms with Gasteiger partial charge in [-0.2, -0.15) is 17.6 Å². The van der Waals surface area contributed by atoms with Gasteiger partial charge in [0.05, 0.1) is 25.5 Å². The predicted molar refractivity (Wildman–Crippen MR) is 259 cm³/mol. The molecule has 0 aliphatic rings. The van der Waals surface area contributed by atoms with Crippen LogP contribution >= 0.6 is 23.2 Å². The van der Waals surface area contributed by atoms with E-state index in [1.165, 1.54) is 36.7 Å². The van der Waals surface area contributed by atoms with Crippen molar-refractivity contribution in [3.05, 3.63) is 174 Å². The Bertz CT molecular complexity index is 2660. The van der Waals surface area contributed by atoms with Gasteiger partial charge >= 0.3 is 11.8 Å². The zero-order valence-electron chi connectivity index (χ0n) is 38.5. The second-order valence-electron chi connectivity index (χ2n) is 16.7. The molecule has 2 unspecified atom stereocenters. The number of benzene rings is 2. The summed E-state index contributed by atoms with van der Waals surface area (Å²) in [6, 6.07) is 17.9.